The van der Waals surface area contributed by atoms with E-state index in [1.807, 2.05) is 48.4 Å². The number of hydrogen-bond donors (Lipinski definition) is 4. The minimum absolute atomic E-state index is 0.460. The summed E-state index contributed by atoms with van der Waals surface area (Å²) in [6, 6.07) is 21.6. The predicted molar refractivity (Wildman–Crippen MR) is 126 cm³/mol. The van der Waals surface area contributed by atoms with Crippen molar-refractivity contribution in [1.29, 1.82) is 0 Å². The highest BCUT2D eigenvalue weighted by molar-refractivity contribution is 6.03. The number of anilines is 2. The highest BCUT2D eigenvalue weighted by Gasteiger charge is 2.09. The molecule has 2 aromatic carbocycles. The molecule has 0 aliphatic carbocycles. The number of carbonyl (C=O) groups excluding carboxylic acids is 1. The molecule has 0 spiro atoms. The Bertz CT molecular complexity index is 1110. The van der Waals surface area contributed by atoms with Crippen molar-refractivity contribution in [3.8, 4) is 23.6 Å². The Balaban J connectivity index is 1.93. The van der Waals surface area contributed by atoms with Crippen molar-refractivity contribution in [1.82, 2.24) is 4.98 Å². The summed E-state index contributed by atoms with van der Waals surface area (Å²) in [5.74, 6) is 2.20. The van der Waals surface area contributed by atoms with Crippen LogP contribution in [-0.2, 0) is 11.2 Å². The Morgan fingerprint density at radius 3 is 2.48 bits per heavy atom. The Morgan fingerprint density at radius 1 is 1.13 bits per heavy atom. The van der Waals surface area contributed by atoms with Gasteiger partial charge in [-0.1, -0.05) is 42.5 Å². The number of pyridine rings is 1. The van der Waals surface area contributed by atoms with Crippen molar-refractivity contribution in [2.24, 2.45) is 11.5 Å². The molecule has 3 aromatic rings. The van der Waals surface area contributed by atoms with Gasteiger partial charge in [-0.2, -0.15) is 0 Å². The zero-order valence-electron chi connectivity index (χ0n) is 17.3. The van der Waals surface area contributed by atoms with Gasteiger partial charge in [-0.05, 0) is 60.7 Å². The second-order valence-corrected chi connectivity index (χ2v) is 7.16. The molecule has 6 heteroatoms. The molecule has 1 atom stereocenters. The van der Waals surface area contributed by atoms with Gasteiger partial charge >= 0.3 is 0 Å². The van der Waals surface area contributed by atoms with E-state index in [-0.39, 0.29) is 0 Å². The third-order valence-electron chi connectivity index (χ3n) is 4.46. The Morgan fingerprint density at radius 2 is 1.84 bits per heavy atom. The van der Waals surface area contributed by atoms with Crippen LogP contribution < -0.4 is 22.1 Å². The summed E-state index contributed by atoms with van der Waals surface area (Å²) in [4.78, 5) is 16.1. The number of hydrogen-bond acceptors (Lipinski definition) is 5. The highest BCUT2D eigenvalue weighted by atomic mass is 16.1. The Labute approximate surface area is 182 Å². The number of rotatable bonds is 7. The minimum atomic E-state index is -0.487. The van der Waals surface area contributed by atoms with Crippen molar-refractivity contribution < 1.29 is 4.79 Å². The Kier molecular flexibility index (Phi) is 7.05. The van der Waals surface area contributed by atoms with Crippen LogP contribution in [0.5, 0.6) is 0 Å². The van der Waals surface area contributed by atoms with Gasteiger partial charge in [0.2, 0.25) is 0 Å². The molecule has 0 saturated heterocycles. The van der Waals surface area contributed by atoms with E-state index in [2.05, 4.69) is 22.8 Å². The molecule has 1 heterocycles. The van der Waals surface area contributed by atoms with E-state index >= 15 is 0 Å². The van der Waals surface area contributed by atoms with Crippen LogP contribution in [0.15, 0.2) is 78.5 Å². The molecule has 0 aliphatic rings. The molecule has 0 saturated carbocycles. The molecule has 3 rings (SSSR count). The van der Waals surface area contributed by atoms with Gasteiger partial charge in [-0.15, -0.1) is 6.42 Å². The maximum atomic E-state index is 11.4. The number of aromatic nitrogens is 1. The average molecular weight is 412 g/mol. The third kappa shape index (κ3) is 6.46. The van der Waals surface area contributed by atoms with Crippen LogP contribution in [0.3, 0.4) is 0 Å². The van der Waals surface area contributed by atoms with Gasteiger partial charge in [0.1, 0.15) is 5.82 Å². The maximum Gasteiger partial charge on any atom is 0.300 e. The molecule has 6 N–H and O–H groups in total. The number of terminal acetylenes is 1. The second kappa shape index (κ2) is 10.1. The summed E-state index contributed by atoms with van der Waals surface area (Å²) in [6.45, 7) is 1.78. The van der Waals surface area contributed by atoms with E-state index in [4.69, 9.17) is 22.9 Å². The van der Waals surface area contributed by atoms with Crippen LogP contribution in [0.4, 0.5) is 11.5 Å². The summed E-state index contributed by atoms with van der Waals surface area (Å²) in [5, 5.41) is 5.81. The van der Waals surface area contributed by atoms with Crippen LogP contribution >= 0.6 is 0 Å². The fraction of sp³-hybridized carbons (Fsp3) is 0.120. The predicted octanol–water partition coefficient (Wildman–Crippen LogP) is 3.47. The molecule has 156 valence electrons. The quantitative estimate of drug-likeness (QED) is 0.352. The maximum absolute atomic E-state index is 11.4. The summed E-state index contributed by atoms with van der Waals surface area (Å²) in [5.41, 5.74) is 17.1. The lowest BCUT2D eigenvalue weighted by atomic mass is 10.0. The van der Waals surface area contributed by atoms with Crippen LogP contribution in [0, 0.1) is 12.3 Å². The fourth-order valence-electron chi connectivity index (χ4n) is 3.13. The van der Waals surface area contributed by atoms with Crippen LogP contribution in [0.2, 0.25) is 0 Å². The highest BCUT2D eigenvalue weighted by Crippen LogP contribution is 2.24. The first-order chi connectivity index (χ1) is 14.9. The van der Waals surface area contributed by atoms with Gasteiger partial charge in [0.15, 0.2) is 0 Å². The van der Waals surface area contributed by atoms with Gasteiger partial charge in [0.05, 0.1) is 11.9 Å². The second-order valence-electron chi connectivity index (χ2n) is 7.16. The minimum Gasteiger partial charge on any atom is -0.402 e. The number of benzene rings is 2. The van der Waals surface area contributed by atoms with Crippen molar-refractivity contribution in [2.75, 3.05) is 10.6 Å². The van der Waals surface area contributed by atoms with Crippen molar-refractivity contribution in [3.05, 3.63) is 89.6 Å². The summed E-state index contributed by atoms with van der Waals surface area (Å²) in [6.07, 6.45) is 7.13. The van der Waals surface area contributed by atoms with E-state index in [1.54, 1.807) is 25.1 Å². The summed E-state index contributed by atoms with van der Waals surface area (Å²) in [7, 11) is 0. The molecule has 6 nitrogen and oxygen atoms in total. The lowest BCUT2D eigenvalue weighted by Crippen LogP contribution is -2.28. The molecule has 0 fully saturated rings. The Hall–Kier alpha value is -4.08. The fourth-order valence-corrected chi connectivity index (χ4v) is 3.13. The molecule has 31 heavy (non-hydrogen) atoms. The number of nitrogens with zero attached hydrogens (tertiary/aromatic N) is 1. The van der Waals surface area contributed by atoms with Crippen molar-refractivity contribution in [2.45, 2.75) is 19.5 Å². The van der Waals surface area contributed by atoms with Crippen LogP contribution in [0.25, 0.3) is 11.3 Å². The summed E-state index contributed by atoms with van der Waals surface area (Å²) >= 11 is 0. The standard InChI is InChI=1S/C25H25N5O/c1-3-25(31)28-21-11-9-20(10-12-21)22-15-19(14-18-7-5-4-6-8-18)16-24(29-22)30-23(27)13-17(2)26/h1,4-13,15-16,23H,14,26-27H2,2H3,(H,28,31)(H,29,30)/b17-13-. The molecular weight excluding hydrogens is 386 g/mol. The first-order valence-corrected chi connectivity index (χ1v) is 9.82. The van der Waals surface area contributed by atoms with Crippen molar-refractivity contribution in [3.63, 3.8) is 0 Å². The first-order valence-electron chi connectivity index (χ1n) is 9.82. The lowest BCUT2D eigenvalue weighted by Gasteiger charge is -2.15. The topological polar surface area (TPSA) is 106 Å². The number of nitrogens with two attached hydrogens (primary N) is 2. The van der Waals surface area contributed by atoms with E-state index in [1.165, 1.54) is 5.56 Å². The molecule has 0 bridgehead atoms. The smallest absolute Gasteiger partial charge is 0.300 e. The zero-order chi connectivity index (χ0) is 22.2. The average Bonchev–Trinajstić information content (AvgIpc) is 2.74. The lowest BCUT2D eigenvalue weighted by molar-refractivity contribution is -0.111. The van der Waals surface area contributed by atoms with Gasteiger partial charge in [0.25, 0.3) is 5.91 Å². The van der Waals surface area contributed by atoms with Crippen LogP contribution in [-0.4, -0.2) is 17.1 Å². The number of nitrogens with one attached hydrogen (secondary N) is 2. The SMILES string of the molecule is C#CC(=O)Nc1ccc(-c2cc(Cc3ccccc3)cc(NC(N)/C=C(/C)N)n2)cc1. The zero-order valence-corrected chi connectivity index (χ0v) is 17.3. The molecule has 0 aliphatic heterocycles. The molecule has 1 amide bonds. The molecule has 1 unspecified atom stereocenters. The van der Waals surface area contributed by atoms with Gasteiger partial charge < -0.3 is 22.1 Å². The van der Waals surface area contributed by atoms with Gasteiger partial charge in [0, 0.05) is 16.9 Å². The van der Waals surface area contributed by atoms with E-state index in [0.29, 0.717) is 17.2 Å². The monoisotopic (exact) mass is 411 g/mol. The normalized spacial score (nSPS) is 12.0. The third-order valence-corrected chi connectivity index (χ3v) is 4.46. The van der Waals surface area contributed by atoms with E-state index in [0.717, 1.165) is 23.2 Å². The van der Waals surface area contributed by atoms with E-state index in [9.17, 15) is 4.79 Å². The number of allylic oxidation sites excluding steroid dienone is 1. The largest absolute Gasteiger partial charge is 0.402 e. The molecule has 0 radical (unpaired) electrons. The molecule has 1 aromatic heterocycles. The van der Waals surface area contributed by atoms with Crippen molar-refractivity contribution >= 4 is 17.4 Å². The van der Waals surface area contributed by atoms with Crippen LogP contribution in [0.1, 0.15) is 18.1 Å². The summed E-state index contributed by atoms with van der Waals surface area (Å²) < 4.78 is 0. The van der Waals surface area contributed by atoms with E-state index < -0.39 is 12.1 Å². The first kappa shape index (κ1) is 21.6. The number of carbonyl (C=O) groups is 1. The van der Waals surface area contributed by atoms with Gasteiger partial charge in [-0.25, -0.2) is 4.98 Å². The molecular formula is C25H25N5O. The van der Waals surface area contributed by atoms with Gasteiger partial charge in [-0.3, -0.25) is 4.79 Å². The number of amides is 1.